The number of nitrogens with one attached hydrogen (secondary N) is 1. The Hall–Kier alpha value is -3.17. The largest absolute Gasteiger partial charge is 0.454 e. The van der Waals surface area contributed by atoms with Gasteiger partial charge in [-0.05, 0) is 50.7 Å². The van der Waals surface area contributed by atoms with Crippen LogP contribution in [0.25, 0.3) is 10.2 Å². The van der Waals surface area contributed by atoms with Crippen molar-refractivity contribution in [2.45, 2.75) is 25.4 Å². The molecule has 8 nitrogen and oxygen atoms in total. The van der Waals surface area contributed by atoms with Gasteiger partial charge in [0, 0.05) is 0 Å². The van der Waals surface area contributed by atoms with Crippen molar-refractivity contribution in [3.05, 3.63) is 53.0 Å². The number of benzene rings is 2. The molecule has 1 fully saturated rings. The van der Waals surface area contributed by atoms with E-state index in [0.29, 0.717) is 17.1 Å². The fourth-order valence-corrected chi connectivity index (χ4v) is 4.92. The Kier molecular flexibility index (Phi) is 4.60. The van der Waals surface area contributed by atoms with Crippen molar-refractivity contribution in [2.75, 3.05) is 20.5 Å². The Balaban J connectivity index is 1.35. The molecule has 1 N–H and O–H groups in total. The monoisotopic (exact) mass is 438 g/mol. The summed E-state index contributed by atoms with van der Waals surface area (Å²) in [6.07, 6.45) is 0. The van der Waals surface area contributed by atoms with E-state index in [1.807, 2.05) is 43.1 Å². The SMILES string of the molecule is C[C@H](c1nc2ccccc2s1)N(C)CN1C(=O)N[C@](C)(c2ccc3c(c2)OCO3)C1=O. The molecule has 5 rings (SSSR count). The van der Waals surface area contributed by atoms with Gasteiger partial charge in [-0.1, -0.05) is 18.2 Å². The van der Waals surface area contributed by atoms with E-state index in [1.165, 1.54) is 4.90 Å². The van der Waals surface area contributed by atoms with E-state index in [4.69, 9.17) is 14.5 Å². The van der Waals surface area contributed by atoms with Crippen LogP contribution in [0.4, 0.5) is 4.79 Å². The van der Waals surface area contributed by atoms with E-state index in [1.54, 1.807) is 36.5 Å². The minimum atomic E-state index is -1.17. The standard InChI is InChI=1S/C22H22N4O4S/c1-13(19-23-15-6-4-5-7-18(15)31-19)25(3)11-26-20(27)22(2,24-21(26)28)14-8-9-16-17(10-14)30-12-29-16/h4-10,13H,11-12H2,1-3H3,(H,24,28)/t13-,22-/m1/s1. The van der Waals surface area contributed by atoms with Crippen LogP contribution in [0.2, 0.25) is 0 Å². The molecule has 9 heteroatoms. The lowest BCUT2D eigenvalue weighted by atomic mass is 9.92. The molecule has 31 heavy (non-hydrogen) atoms. The molecule has 2 aliphatic rings. The van der Waals surface area contributed by atoms with Crippen LogP contribution < -0.4 is 14.8 Å². The minimum Gasteiger partial charge on any atom is -0.454 e. The van der Waals surface area contributed by atoms with Crippen molar-refractivity contribution in [3.8, 4) is 11.5 Å². The fraction of sp³-hybridized carbons (Fsp3) is 0.318. The third kappa shape index (κ3) is 3.21. The van der Waals surface area contributed by atoms with E-state index < -0.39 is 11.6 Å². The van der Waals surface area contributed by atoms with Crippen LogP contribution in [0.1, 0.15) is 30.5 Å². The first kappa shape index (κ1) is 19.8. The Morgan fingerprint density at radius 1 is 1.23 bits per heavy atom. The highest BCUT2D eigenvalue weighted by molar-refractivity contribution is 7.18. The number of imide groups is 1. The molecule has 0 radical (unpaired) electrons. The van der Waals surface area contributed by atoms with Crippen molar-refractivity contribution < 1.29 is 19.1 Å². The van der Waals surface area contributed by atoms with E-state index in [2.05, 4.69) is 5.32 Å². The number of amides is 3. The van der Waals surface area contributed by atoms with Gasteiger partial charge in [0.05, 0.1) is 22.9 Å². The lowest BCUT2D eigenvalue weighted by Crippen LogP contribution is -2.43. The Bertz CT molecular complexity index is 1160. The highest BCUT2D eigenvalue weighted by atomic mass is 32.1. The smallest absolute Gasteiger partial charge is 0.326 e. The number of fused-ring (bicyclic) bond motifs is 2. The lowest BCUT2D eigenvalue weighted by molar-refractivity contribution is -0.132. The number of carbonyl (C=O) groups is 2. The number of hydrogen-bond acceptors (Lipinski definition) is 7. The maximum Gasteiger partial charge on any atom is 0.326 e. The maximum absolute atomic E-state index is 13.3. The number of ether oxygens (including phenoxy) is 2. The topological polar surface area (TPSA) is 84.0 Å². The zero-order valence-corrected chi connectivity index (χ0v) is 18.2. The van der Waals surface area contributed by atoms with E-state index in [0.717, 1.165) is 15.2 Å². The van der Waals surface area contributed by atoms with Gasteiger partial charge in [-0.15, -0.1) is 11.3 Å². The number of aromatic nitrogens is 1. The number of para-hydroxylation sites is 1. The van der Waals surface area contributed by atoms with Crippen molar-refractivity contribution in [3.63, 3.8) is 0 Å². The van der Waals surface area contributed by atoms with Crippen molar-refractivity contribution in [2.24, 2.45) is 0 Å². The van der Waals surface area contributed by atoms with Crippen molar-refractivity contribution in [1.82, 2.24) is 20.1 Å². The highest BCUT2D eigenvalue weighted by Gasteiger charge is 2.49. The summed E-state index contributed by atoms with van der Waals surface area (Å²) < 4.78 is 11.9. The number of thiazole rings is 1. The van der Waals surface area contributed by atoms with Gasteiger partial charge in [-0.3, -0.25) is 9.69 Å². The summed E-state index contributed by atoms with van der Waals surface area (Å²) in [4.78, 5) is 33.9. The second-order valence-corrected chi connectivity index (χ2v) is 9.01. The molecule has 160 valence electrons. The summed E-state index contributed by atoms with van der Waals surface area (Å²) in [5.41, 5.74) is 0.436. The molecule has 1 aromatic heterocycles. The van der Waals surface area contributed by atoms with Gasteiger partial charge in [0.25, 0.3) is 5.91 Å². The Morgan fingerprint density at radius 2 is 2.00 bits per heavy atom. The van der Waals surface area contributed by atoms with Crippen LogP contribution in [0.15, 0.2) is 42.5 Å². The van der Waals surface area contributed by atoms with Gasteiger partial charge in [-0.25, -0.2) is 14.7 Å². The molecule has 0 unspecified atom stereocenters. The Morgan fingerprint density at radius 3 is 2.81 bits per heavy atom. The fourth-order valence-electron chi connectivity index (χ4n) is 3.83. The van der Waals surface area contributed by atoms with Crippen LogP contribution in [0.3, 0.4) is 0 Å². The number of rotatable bonds is 5. The maximum atomic E-state index is 13.3. The molecule has 3 aromatic rings. The number of hydrogen-bond donors (Lipinski definition) is 1. The highest BCUT2D eigenvalue weighted by Crippen LogP contribution is 2.38. The van der Waals surface area contributed by atoms with E-state index >= 15 is 0 Å². The second-order valence-electron chi connectivity index (χ2n) is 7.95. The molecular formula is C22H22N4O4S. The summed E-state index contributed by atoms with van der Waals surface area (Å²) >= 11 is 1.62. The molecule has 2 atom stereocenters. The number of nitrogens with zero attached hydrogens (tertiary/aromatic N) is 3. The molecule has 0 saturated carbocycles. The van der Waals surface area contributed by atoms with Crippen molar-refractivity contribution >= 4 is 33.5 Å². The summed E-state index contributed by atoms with van der Waals surface area (Å²) in [6.45, 7) is 4.03. The average molecular weight is 439 g/mol. The molecule has 1 saturated heterocycles. The molecule has 3 amide bonds. The molecule has 0 spiro atoms. The van der Waals surface area contributed by atoms with E-state index in [-0.39, 0.29) is 25.4 Å². The van der Waals surface area contributed by atoms with Gasteiger partial charge in [-0.2, -0.15) is 0 Å². The van der Waals surface area contributed by atoms with E-state index in [9.17, 15) is 9.59 Å². The predicted octanol–water partition coefficient (Wildman–Crippen LogP) is 3.44. The second kappa shape index (κ2) is 7.21. The van der Waals surface area contributed by atoms with Gasteiger partial charge < -0.3 is 14.8 Å². The zero-order valence-electron chi connectivity index (χ0n) is 17.4. The first-order valence-electron chi connectivity index (χ1n) is 9.97. The van der Waals surface area contributed by atoms with Crippen molar-refractivity contribution in [1.29, 1.82) is 0 Å². The minimum absolute atomic E-state index is 0.0598. The molecular weight excluding hydrogens is 416 g/mol. The van der Waals surface area contributed by atoms with Crippen LogP contribution in [0.5, 0.6) is 11.5 Å². The third-order valence-corrected chi connectivity index (χ3v) is 7.13. The van der Waals surface area contributed by atoms with Gasteiger partial charge in [0.2, 0.25) is 6.79 Å². The van der Waals surface area contributed by atoms with Gasteiger partial charge in [0.1, 0.15) is 10.5 Å². The van der Waals surface area contributed by atoms with Crippen LogP contribution in [0, 0.1) is 0 Å². The number of carbonyl (C=O) groups excluding carboxylic acids is 2. The molecule has 0 bridgehead atoms. The summed E-state index contributed by atoms with van der Waals surface area (Å²) in [6, 6.07) is 12.8. The molecule has 2 aliphatic heterocycles. The summed E-state index contributed by atoms with van der Waals surface area (Å²) in [5, 5.41) is 3.78. The molecule has 3 heterocycles. The van der Waals surface area contributed by atoms with Gasteiger partial charge in [0.15, 0.2) is 11.5 Å². The average Bonchev–Trinajstić information content (AvgIpc) is 3.46. The van der Waals surface area contributed by atoms with Gasteiger partial charge >= 0.3 is 6.03 Å². The summed E-state index contributed by atoms with van der Waals surface area (Å²) in [7, 11) is 1.88. The quantitative estimate of drug-likeness (QED) is 0.615. The first-order valence-corrected chi connectivity index (χ1v) is 10.8. The zero-order chi connectivity index (χ0) is 21.8. The molecule has 2 aromatic carbocycles. The van der Waals surface area contributed by atoms with Crippen LogP contribution >= 0.6 is 11.3 Å². The third-order valence-electron chi connectivity index (χ3n) is 5.92. The summed E-state index contributed by atoms with van der Waals surface area (Å²) in [5.74, 6) is 0.894. The predicted molar refractivity (Wildman–Crippen MR) is 116 cm³/mol. The Labute approximate surface area is 183 Å². The number of urea groups is 1. The lowest BCUT2D eigenvalue weighted by Gasteiger charge is -2.27. The van der Waals surface area contributed by atoms with Crippen LogP contribution in [-0.4, -0.2) is 47.2 Å². The first-order chi connectivity index (χ1) is 14.9. The van der Waals surface area contributed by atoms with Crippen LogP contribution in [-0.2, 0) is 10.3 Å². The normalized spacial score (nSPS) is 21.2. The molecule has 0 aliphatic carbocycles.